The van der Waals surface area contributed by atoms with Gasteiger partial charge in [0.2, 0.25) is 5.91 Å². The number of nitrogens with zero attached hydrogens (tertiary/aromatic N) is 2. The fourth-order valence-electron chi connectivity index (χ4n) is 3.00. The average Bonchev–Trinajstić information content (AvgIpc) is 2.98. The highest BCUT2D eigenvalue weighted by molar-refractivity contribution is 5.76. The summed E-state index contributed by atoms with van der Waals surface area (Å²) in [6.07, 6.45) is 0.674. The normalized spacial score (nSPS) is 12.3. The Labute approximate surface area is 154 Å². The van der Waals surface area contributed by atoms with Crippen LogP contribution in [0.25, 0.3) is 11.1 Å². The van der Waals surface area contributed by atoms with Crippen LogP contribution < -0.4 is 5.76 Å². The van der Waals surface area contributed by atoms with Crippen molar-refractivity contribution < 1.29 is 18.0 Å². The van der Waals surface area contributed by atoms with Crippen molar-refractivity contribution in [2.45, 2.75) is 32.4 Å². The zero-order valence-corrected chi connectivity index (χ0v) is 15.1. The van der Waals surface area contributed by atoms with Crippen LogP contribution in [0.4, 0.5) is 8.78 Å². The van der Waals surface area contributed by atoms with Crippen LogP contribution in [0.5, 0.6) is 0 Å². The summed E-state index contributed by atoms with van der Waals surface area (Å²) in [6, 6.07) is 10.3. The average molecular weight is 374 g/mol. The Morgan fingerprint density at radius 1 is 1.19 bits per heavy atom. The number of halogens is 2. The Hall–Kier alpha value is -2.96. The zero-order chi connectivity index (χ0) is 19.6. The summed E-state index contributed by atoms with van der Waals surface area (Å²) in [5.74, 6) is -2.45. The third kappa shape index (κ3) is 3.92. The lowest BCUT2D eigenvalue weighted by atomic mass is 10.1. The van der Waals surface area contributed by atoms with Crippen molar-refractivity contribution in [3.63, 3.8) is 0 Å². The third-order valence-electron chi connectivity index (χ3n) is 4.75. The molecule has 0 N–H and O–H groups in total. The van der Waals surface area contributed by atoms with Crippen LogP contribution in [0.3, 0.4) is 0 Å². The Bertz CT molecular complexity index is 1030. The van der Waals surface area contributed by atoms with Crippen molar-refractivity contribution >= 4 is 17.0 Å². The maximum atomic E-state index is 13.4. The van der Waals surface area contributed by atoms with Gasteiger partial charge in [0.15, 0.2) is 17.2 Å². The molecule has 1 unspecified atom stereocenters. The topological polar surface area (TPSA) is 55.5 Å². The highest BCUT2D eigenvalue weighted by Crippen LogP contribution is 2.22. The molecular weight excluding hydrogens is 354 g/mol. The second-order valence-electron chi connectivity index (χ2n) is 6.45. The van der Waals surface area contributed by atoms with Gasteiger partial charge in [-0.1, -0.05) is 18.2 Å². The van der Waals surface area contributed by atoms with E-state index in [1.54, 1.807) is 32.2 Å². The Morgan fingerprint density at radius 3 is 2.67 bits per heavy atom. The van der Waals surface area contributed by atoms with Gasteiger partial charge in [-0.15, -0.1) is 0 Å². The Morgan fingerprint density at radius 2 is 1.93 bits per heavy atom. The largest absolute Gasteiger partial charge is 0.419 e. The van der Waals surface area contributed by atoms with Gasteiger partial charge in [0.05, 0.1) is 11.6 Å². The van der Waals surface area contributed by atoms with Crippen molar-refractivity contribution in [1.82, 2.24) is 9.47 Å². The third-order valence-corrected chi connectivity index (χ3v) is 4.75. The molecule has 1 heterocycles. The number of aryl methyl sites for hydroxylation is 1. The van der Waals surface area contributed by atoms with Gasteiger partial charge < -0.3 is 9.32 Å². The quantitative estimate of drug-likeness (QED) is 0.658. The summed E-state index contributed by atoms with van der Waals surface area (Å²) in [5, 5.41) is 0. The maximum absolute atomic E-state index is 13.4. The summed E-state index contributed by atoms with van der Waals surface area (Å²) in [4.78, 5) is 25.9. The van der Waals surface area contributed by atoms with Crippen molar-refractivity contribution in [2.24, 2.45) is 0 Å². The minimum Gasteiger partial charge on any atom is -0.408 e. The van der Waals surface area contributed by atoms with Crippen LogP contribution in [-0.4, -0.2) is 22.4 Å². The number of rotatable bonds is 6. The van der Waals surface area contributed by atoms with Crippen molar-refractivity contribution in [3.8, 4) is 0 Å². The summed E-state index contributed by atoms with van der Waals surface area (Å²) < 4.78 is 33.2. The first kappa shape index (κ1) is 18.8. The van der Waals surface area contributed by atoms with E-state index in [4.69, 9.17) is 4.42 Å². The molecule has 27 heavy (non-hydrogen) atoms. The molecule has 2 aromatic carbocycles. The van der Waals surface area contributed by atoms with Gasteiger partial charge in [0.25, 0.3) is 0 Å². The molecule has 0 saturated carbocycles. The molecule has 0 aliphatic heterocycles. The molecule has 0 aliphatic rings. The van der Waals surface area contributed by atoms with E-state index in [0.29, 0.717) is 29.6 Å². The standard InChI is InChI=1S/C20H20F2N2O3/c1-13(14-9-10-15(21)16(22)12-14)23(2)19(25)8-5-11-24-17-6-3-4-7-18(17)27-20(24)26/h3-4,6-7,9-10,12-13H,5,8,11H2,1-2H3. The molecule has 0 spiro atoms. The van der Waals surface area contributed by atoms with Crippen LogP contribution in [-0.2, 0) is 11.3 Å². The molecule has 1 amide bonds. The smallest absolute Gasteiger partial charge is 0.408 e. The SMILES string of the molecule is CC(c1ccc(F)c(F)c1)N(C)C(=O)CCCn1c(=O)oc2ccccc21. The zero-order valence-electron chi connectivity index (χ0n) is 15.1. The van der Waals surface area contributed by atoms with Gasteiger partial charge in [0, 0.05) is 20.0 Å². The second-order valence-corrected chi connectivity index (χ2v) is 6.45. The number of oxazole rings is 1. The fourth-order valence-corrected chi connectivity index (χ4v) is 3.00. The molecule has 5 nitrogen and oxygen atoms in total. The molecule has 1 atom stereocenters. The highest BCUT2D eigenvalue weighted by Gasteiger charge is 2.19. The summed E-state index contributed by atoms with van der Waals surface area (Å²) in [5.41, 5.74) is 1.72. The minimum atomic E-state index is -0.939. The Balaban J connectivity index is 1.62. The van der Waals surface area contributed by atoms with E-state index in [-0.39, 0.29) is 12.3 Å². The van der Waals surface area contributed by atoms with Gasteiger partial charge in [-0.05, 0) is 43.2 Å². The van der Waals surface area contributed by atoms with Crippen molar-refractivity contribution in [3.05, 3.63) is 70.2 Å². The van der Waals surface area contributed by atoms with Gasteiger partial charge in [-0.3, -0.25) is 9.36 Å². The van der Waals surface area contributed by atoms with E-state index in [1.807, 2.05) is 6.07 Å². The van der Waals surface area contributed by atoms with Gasteiger partial charge in [0.1, 0.15) is 0 Å². The number of carbonyl (C=O) groups is 1. The van der Waals surface area contributed by atoms with Crippen LogP contribution in [0.2, 0.25) is 0 Å². The van der Waals surface area contributed by atoms with E-state index in [1.165, 1.54) is 15.5 Å². The summed E-state index contributed by atoms with van der Waals surface area (Å²) in [7, 11) is 1.62. The summed E-state index contributed by atoms with van der Waals surface area (Å²) in [6.45, 7) is 2.10. The van der Waals surface area contributed by atoms with E-state index in [2.05, 4.69) is 0 Å². The first-order valence-electron chi connectivity index (χ1n) is 8.67. The van der Waals surface area contributed by atoms with Crippen molar-refractivity contribution in [1.29, 1.82) is 0 Å². The molecule has 0 bridgehead atoms. The molecular formula is C20H20F2N2O3. The molecule has 0 fully saturated rings. The molecule has 7 heteroatoms. The highest BCUT2D eigenvalue weighted by atomic mass is 19.2. The Kier molecular flexibility index (Phi) is 5.39. The number of aromatic nitrogens is 1. The molecule has 142 valence electrons. The van der Waals surface area contributed by atoms with Crippen molar-refractivity contribution in [2.75, 3.05) is 7.05 Å². The molecule has 0 radical (unpaired) electrons. The molecule has 3 rings (SSSR count). The van der Waals surface area contributed by atoms with E-state index < -0.39 is 23.4 Å². The first-order valence-corrected chi connectivity index (χ1v) is 8.67. The second kappa shape index (κ2) is 7.73. The molecule has 3 aromatic rings. The lowest BCUT2D eigenvalue weighted by Gasteiger charge is -2.25. The van der Waals surface area contributed by atoms with Crippen LogP contribution in [0.15, 0.2) is 51.7 Å². The van der Waals surface area contributed by atoms with Crippen LogP contribution >= 0.6 is 0 Å². The van der Waals surface area contributed by atoms with Gasteiger partial charge in [-0.2, -0.15) is 0 Å². The predicted octanol–water partition coefficient (Wildman–Crippen LogP) is 3.87. The van der Waals surface area contributed by atoms with Gasteiger partial charge >= 0.3 is 5.76 Å². The lowest BCUT2D eigenvalue weighted by Crippen LogP contribution is -2.30. The van der Waals surface area contributed by atoms with E-state index in [9.17, 15) is 18.4 Å². The number of carbonyl (C=O) groups excluding carboxylic acids is 1. The van der Waals surface area contributed by atoms with Crippen LogP contribution in [0.1, 0.15) is 31.4 Å². The minimum absolute atomic E-state index is 0.145. The number of para-hydroxylation sites is 2. The van der Waals surface area contributed by atoms with Gasteiger partial charge in [-0.25, -0.2) is 13.6 Å². The monoisotopic (exact) mass is 374 g/mol. The number of fused-ring (bicyclic) bond motifs is 1. The number of benzene rings is 2. The van der Waals surface area contributed by atoms with E-state index >= 15 is 0 Å². The van der Waals surface area contributed by atoms with E-state index in [0.717, 1.165) is 12.1 Å². The fraction of sp³-hybridized carbons (Fsp3) is 0.300. The number of hydrogen-bond donors (Lipinski definition) is 0. The predicted molar refractivity (Wildman–Crippen MR) is 97.3 cm³/mol. The lowest BCUT2D eigenvalue weighted by molar-refractivity contribution is -0.132. The first-order chi connectivity index (χ1) is 12.9. The molecule has 0 aliphatic carbocycles. The molecule has 0 saturated heterocycles. The number of hydrogen-bond acceptors (Lipinski definition) is 3. The molecule has 1 aromatic heterocycles. The maximum Gasteiger partial charge on any atom is 0.419 e. The summed E-state index contributed by atoms with van der Waals surface area (Å²) >= 11 is 0. The van der Waals surface area contributed by atoms with Crippen LogP contribution in [0, 0.1) is 11.6 Å². The number of amides is 1.